The fourth-order valence-electron chi connectivity index (χ4n) is 3.93. The van der Waals surface area contributed by atoms with Gasteiger partial charge < -0.3 is 25.0 Å². The molecule has 0 unspecified atom stereocenters. The molecule has 2 aliphatic rings. The maximum absolute atomic E-state index is 9.51. The Labute approximate surface area is 152 Å². The Balaban J connectivity index is 1.44. The lowest BCUT2D eigenvalue weighted by atomic mass is 9.96. The minimum atomic E-state index is -0.216. The zero-order valence-electron chi connectivity index (χ0n) is 15.5. The SMILES string of the molecule is C[C@@H](O)CN1CCC(CNCc2ccccc2N2CCOCC2)CC1. The molecular formula is C20H33N3O2. The van der Waals surface area contributed by atoms with E-state index in [1.54, 1.807) is 0 Å². The molecule has 2 saturated heterocycles. The van der Waals surface area contributed by atoms with Gasteiger partial charge in [-0.05, 0) is 56.9 Å². The topological polar surface area (TPSA) is 48.0 Å². The van der Waals surface area contributed by atoms with Gasteiger partial charge in [-0.15, -0.1) is 0 Å². The third-order valence-electron chi connectivity index (χ3n) is 5.32. The summed E-state index contributed by atoms with van der Waals surface area (Å²) in [4.78, 5) is 4.82. The molecule has 0 radical (unpaired) electrons. The van der Waals surface area contributed by atoms with Gasteiger partial charge in [0.2, 0.25) is 0 Å². The van der Waals surface area contributed by atoms with E-state index in [1.807, 2.05) is 6.92 Å². The van der Waals surface area contributed by atoms with E-state index in [0.29, 0.717) is 0 Å². The minimum Gasteiger partial charge on any atom is -0.392 e. The van der Waals surface area contributed by atoms with E-state index in [9.17, 15) is 5.11 Å². The first-order valence-corrected chi connectivity index (χ1v) is 9.74. The highest BCUT2D eigenvalue weighted by Crippen LogP contribution is 2.22. The number of nitrogens with zero attached hydrogens (tertiary/aromatic N) is 2. The van der Waals surface area contributed by atoms with Crippen LogP contribution in [-0.4, -0.2) is 68.6 Å². The number of para-hydroxylation sites is 1. The molecule has 3 rings (SSSR count). The molecule has 1 atom stereocenters. The molecule has 2 fully saturated rings. The summed E-state index contributed by atoms with van der Waals surface area (Å²) in [7, 11) is 0. The fourth-order valence-corrected chi connectivity index (χ4v) is 3.93. The van der Waals surface area contributed by atoms with Crippen molar-refractivity contribution < 1.29 is 9.84 Å². The number of hydrogen-bond acceptors (Lipinski definition) is 5. The van der Waals surface area contributed by atoms with Crippen LogP contribution < -0.4 is 10.2 Å². The normalized spacial score (nSPS) is 21.4. The number of aliphatic hydroxyl groups excluding tert-OH is 1. The zero-order chi connectivity index (χ0) is 17.5. The fraction of sp³-hybridized carbons (Fsp3) is 0.700. The van der Waals surface area contributed by atoms with Crippen LogP contribution >= 0.6 is 0 Å². The van der Waals surface area contributed by atoms with Gasteiger partial charge in [0, 0.05) is 31.9 Å². The lowest BCUT2D eigenvalue weighted by Crippen LogP contribution is -2.40. The third-order valence-corrected chi connectivity index (χ3v) is 5.32. The van der Waals surface area contributed by atoms with Crippen molar-refractivity contribution in [3.05, 3.63) is 29.8 Å². The highest BCUT2D eigenvalue weighted by atomic mass is 16.5. The van der Waals surface area contributed by atoms with Gasteiger partial charge in [0.05, 0.1) is 19.3 Å². The second kappa shape index (κ2) is 9.53. The molecule has 0 spiro atoms. The molecule has 1 aromatic carbocycles. The number of anilines is 1. The lowest BCUT2D eigenvalue weighted by molar-refractivity contribution is 0.0998. The maximum Gasteiger partial charge on any atom is 0.0642 e. The Morgan fingerprint density at radius 3 is 2.60 bits per heavy atom. The summed E-state index contributed by atoms with van der Waals surface area (Å²) in [5, 5.41) is 13.2. The predicted molar refractivity (Wildman–Crippen MR) is 102 cm³/mol. The minimum absolute atomic E-state index is 0.216. The van der Waals surface area contributed by atoms with Gasteiger partial charge in [0.25, 0.3) is 0 Å². The lowest BCUT2D eigenvalue weighted by Gasteiger charge is -2.33. The summed E-state index contributed by atoms with van der Waals surface area (Å²) < 4.78 is 5.48. The number of morpholine rings is 1. The number of nitrogens with one attached hydrogen (secondary N) is 1. The highest BCUT2D eigenvalue weighted by molar-refractivity contribution is 5.53. The van der Waals surface area contributed by atoms with Crippen molar-refractivity contribution in [3.8, 4) is 0 Å². The van der Waals surface area contributed by atoms with Crippen LogP contribution in [0.4, 0.5) is 5.69 Å². The maximum atomic E-state index is 9.51. The molecule has 5 heteroatoms. The molecule has 0 aromatic heterocycles. The zero-order valence-corrected chi connectivity index (χ0v) is 15.5. The molecule has 0 saturated carbocycles. The highest BCUT2D eigenvalue weighted by Gasteiger charge is 2.20. The Bertz CT molecular complexity index is 509. The molecule has 0 aliphatic carbocycles. The Morgan fingerprint density at radius 2 is 1.88 bits per heavy atom. The average molecular weight is 348 g/mol. The smallest absolute Gasteiger partial charge is 0.0642 e. The number of hydrogen-bond donors (Lipinski definition) is 2. The van der Waals surface area contributed by atoms with Crippen molar-refractivity contribution in [3.63, 3.8) is 0 Å². The number of benzene rings is 1. The summed E-state index contributed by atoms with van der Waals surface area (Å²) in [5.74, 6) is 0.751. The van der Waals surface area contributed by atoms with Crippen LogP contribution in [0, 0.1) is 5.92 Å². The van der Waals surface area contributed by atoms with Crippen LogP contribution in [0.3, 0.4) is 0 Å². The van der Waals surface area contributed by atoms with Gasteiger partial charge in [-0.1, -0.05) is 18.2 Å². The molecule has 2 heterocycles. The van der Waals surface area contributed by atoms with Crippen molar-refractivity contribution in [2.75, 3.05) is 57.4 Å². The molecule has 2 aliphatic heterocycles. The summed E-state index contributed by atoms with van der Waals surface area (Å²) >= 11 is 0. The molecular weight excluding hydrogens is 314 g/mol. The summed E-state index contributed by atoms with van der Waals surface area (Å²) in [5.41, 5.74) is 2.74. The van der Waals surface area contributed by atoms with Crippen molar-refractivity contribution in [1.29, 1.82) is 0 Å². The van der Waals surface area contributed by atoms with Gasteiger partial charge in [-0.3, -0.25) is 0 Å². The quantitative estimate of drug-likeness (QED) is 0.786. The van der Waals surface area contributed by atoms with E-state index < -0.39 is 0 Å². The average Bonchev–Trinajstić information content (AvgIpc) is 2.64. The van der Waals surface area contributed by atoms with Crippen molar-refractivity contribution in [1.82, 2.24) is 10.2 Å². The molecule has 5 nitrogen and oxygen atoms in total. The standard InChI is InChI=1S/C20H33N3O2/c1-17(24)16-22-8-6-18(7-9-22)14-21-15-19-4-2-3-5-20(19)23-10-12-25-13-11-23/h2-5,17-18,21,24H,6-16H2,1H3/t17-/m1/s1. The first kappa shape index (κ1) is 18.6. The second-order valence-electron chi connectivity index (χ2n) is 7.45. The second-order valence-corrected chi connectivity index (χ2v) is 7.45. The molecule has 0 amide bonds. The van der Waals surface area contributed by atoms with Gasteiger partial charge in [-0.2, -0.15) is 0 Å². The van der Waals surface area contributed by atoms with Gasteiger partial charge in [0.1, 0.15) is 0 Å². The monoisotopic (exact) mass is 347 g/mol. The van der Waals surface area contributed by atoms with Crippen molar-refractivity contribution in [2.45, 2.75) is 32.4 Å². The number of β-amino-alcohol motifs (C(OH)–C–C–N with tert-alkyl or cyclic N) is 1. The largest absolute Gasteiger partial charge is 0.392 e. The van der Waals surface area contributed by atoms with Crippen LogP contribution in [0.15, 0.2) is 24.3 Å². The van der Waals surface area contributed by atoms with E-state index in [-0.39, 0.29) is 6.10 Å². The third kappa shape index (κ3) is 5.68. The summed E-state index contributed by atoms with van der Waals surface area (Å²) in [6, 6.07) is 8.74. The first-order chi connectivity index (χ1) is 12.2. The number of rotatable bonds is 7. The van der Waals surface area contributed by atoms with Crippen LogP contribution in [0.2, 0.25) is 0 Å². The van der Waals surface area contributed by atoms with Gasteiger partial charge in [0.15, 0.2) is 0 Å². The van der Waals surface area contributed by atoms with E-state index in [1.165, 1.54) is 24.1 Å². The van der Waals surface area contributed by atoms with Crippen LogP contribution in [0.5, 0.6) is 0 Å². The molecule has 1 aromatic rings. The van der Waals surface area contributed by atoms with Crippen LogP contribution in [-0.2, 0) is 11.3 Å². The van der Waals surface area contributed by atoms with Gasteiger partial charge >= 0.3 is 0 Å². The molecule has 0 bridgehead atoms. The van der Waals surface area contributed by atoms with Crippen molar-refractivity contribution >= 4 is 5.69 Å². The van der Waals surface area contributed by atoms with E-state index in [2.05, 4.69) is 39.4 Å². The molecule has 25 heavy (non-hydrogen) atoms. The molecule has 2 N–H and O–H groups in total. The summed E-state index contributed by atoms with van der Waals surface area (Å²) in [6.45, 7) is 10.5. The Kier molecular flexibility index (Phi) is 7.11. The Morgan fingerprint density at radius 1 is 1.16 bits per heavy atom. The van der Waals surface area contributed by atoms with Gasteiger partial charge in [-0.25, -0.2) is 0 Å². The van der Waals surface area contributed by atoms with Crippen LogP contribution in [0.1, 0.15) is 25.3 Å². The van der Waals surface area contributed by atoms with E-state index in [4.69, 9.17) is 4.74 Å². The number of likely N-dealkylation sites (tertiary alicyclic amines) is 1. The Hall–Kier alpha value is -1.14. The first-order valence-electron chi connectivity index (χ1n) is 9.74. The van der Waals surface area contributed by atoms with Crippen LogP contribution in [0.25, 0.3) is 0 Å². The molecule has 140 valence electrons. The van der Waals surface area contributed by atoms with E-state index in [0.717, 1.165) is 64.9 Å². The summed E-state index contributed by atoms with van der Waals surface area (Å²) in [6.07, 6.45) is 2.24. The van der Waals surface area contributed by atoms with Crippen molar-refractivity contribution in [2.24, 2.45) is 5.92 Å². The number of ether oxygens (including phenoxy) is 1. The predicted octanol–water partition coefficient (Wildman–Crippen LogP) is 1.71. The van der Waals surface area contributed by atoms with E-state index >= 15 is 0 Å². The number of piperidine rings is 1. The number of aliphatic hydroxyl groups is 1.